The number of rotatable bonds is 5. The first-order chi connectivity index (χ1) is 13.9. The number of hydrogen-bond acceptors (Lipinski definition) is 13. The molecule has 0 bridgehead atoms. The van der Waals surface area contributed by atoms with Crippen molar-refractivity contribution in [3.63, 3.8) is 0 Å². The third-order valence-corrected chi connectivity index (χ3v) is 4.74. The highest BCUT2D eigenvalue weighted by atomic mass is 17.0. The minimum atomic E-state index is -1.40. The molecule has 13 nitrogen and oxygen atoms in total. The molecule has 2 aliphatic heterocycles. The quantitative estimate of drug-likeness (QED) is 0.427. The Kier molecular flexibility index (Phi) is 5.81. The topological polar surface area (TPSA) is 153 Å². The summed E-state index contributed by atoms with van der Waals surface area (Å²) in [5.74, 6) is -5.64. The van der Waals surface area contributed by atoms with Crippen LogP contribution in [0.1, 0.15) is 22.0 Å². The van der Waals surface area contributed by atoms with Gasteiger partial charge < -0.3 is 23.5 Å². The van der Waals surface area contributed by atoms with Gasteiger partial charge in [0.25, 0.3) is 0 Å². The molecule has 1 aromatic heterocycles. The van der Waals surface area contributed by atoms with Gasteiger partial charge in [-0.25, -0.2) is 14.4 Å². The lowest BCUT2D eigenvalue weighted by Gasteiger charge is -2.23. The fourth-order valence-electron chi connectivity index (χ4n) is 3.45. The maximum absolute atomic E-state index is 12.5. The summed E-state index contributed by atoms with van der Waals surface area (Å²) in [5, 5.41) is 4.44. The molecule has 13 heteroatoms. The molecule has 3 heterocycles. The van der Waals surface area contributed by atoms with E-state index in [1.807, 2.05) is 0 Å². The Labute approximate surface area is 163 Å². The molecule has 158 valence electrons. The van der Waals surface area contributed by atoms with Gasteiger partial charge in [-0.05, 0) is 0 Å². The first kappa shape index (κ1) is 20.7. The van der Waals surface area contributed by atoms with Gasteiger partial charge in [-0.1, -0.05) is 10.4 Å². The van der Waals surface area contributed by atoms with Gasteiger partial charge in [-0.2, -0.15) is 0 Å². The Morgan fingerprint density at radius 3 is 2.07 bits per heavy atom. The molecule has 2 saturated heterocycles. The summed E-state index contributed by atoms with van der Waals surface area (Å²) in [6.07, 6.45) is -1.63. The van der Waals surface area contributed by atoms with Crippen molar-refractivity contribution in [1.29, 1.82) is 0 Å². The maximum Gasteiger partial charge on any atom is 0.360 e. The van der Waals surface area contributed by atoms with Crippen LogP contribution in [-0.2, 0) is 43.0 Å². The van der Waals surface area contributed by atoms with Crippen LogP contribution >= 0.6 is 0 Å². The highest BCUT2D eigenvalue weighted by Gasteiger charge is 2.64. The molecule has 0 N–H and O–H groups in total. The number of hydrogen-bond donors (Lipinski definition) is 0. The average molecular weight is 414 g/mol. The van der Waals surface area contributed by atoms with Gasteiger partial charge in [-0.3, -0.25) is 14.5 Å². The van der Waals surface area contributed by atoms with Crippen molar-refractivity contribution in [2.45, 2.75) is 24.2 Å². The number of methoxy groups -OCH3 is 4. The largest absolute Gasteiger partial charge is 0.469 e. The van der Waals surface area contributed by atoms with Crippen LogP contribution < -0.4 is 0 Å². The molecule has 2 aliphatic rings. The van der Waals surface area contributed by atoms with Gasteiger partial charge in [0.1, 0.15) is 12.2 Å². The minimum absolute atomic E-state index is 0.0998. The number of ether oxygens (including phenoxy) is 4. The molecule has 0 unspecified atom stereocenters. The number of carbonyl (C=O) groups is 4. The lowest BCUT2D eigenvalue weighted by Crippen LogP contribution is -2.42. The van der Waals surface area contributed by atoms with Gasteiger partial charge in [0.05, 0.1) is 40.4 Å². The van der Waals surface area contributed by atoms with Crippen molar-refractivity contribution in [3.8, 4) is 0 Å². The number of nitrogens with zero attached hydrogens (tertiary/aromatic N) is 2. The maximum atomic E-state index is 12.5. The summed E-state index contributed by atoms with van der Waals surface area (Å²) in [6.45, 7) is 0. The molecular weight excluding hydrogens is 396 g/mol. The summed E-state index contributed by atoms with van der Waals surface area (Å²) >= 11 is 0. The van der Waals surface area contributed by atoms with E-state index < -0.39 is 54.0 Å². The van der Waals surface area contributed by atoms with Crippen LogP contribution in [0.2, 0.25) is 0 Å². The summed E-state index contributed by atoms with van der Waals surface area (Å²) in [4.78, 5) is 59.9. The molecule has 0 aromatic carbocycles. The Bertz CT molecular complexity index is 822. The van der Waals surface area contributed by atoms with E-state index in [-0.39, 0.29) is 11.3 Å². The van der Waals surface area contributed by atoms with E-state index in [0.717, 1.165) is 39.9 Å². The fourth-order valence-corrected chi connectivity index (χ4v) is 3.45. The number of carbonyl (C=O) groups excluding carboxylic acids is 4. The fraction of sp³-hybridized carbons (Fsp3) is 0.562. The van der Waals surface area contributed by atoms with E-state index in [9.17, 15) is 19.2 Å². The molecule has 3 rings (SSSR count). The molecule has 0 spiro atoms. The summed E-state index contributed by atoms with van der Waals surface area (Å²) < 4.78 is 23.8. The Hall–Kier alpha value is -3.03. The number of esters is 4. The third kappa shape index (κ3) is 3.32. The summed E-state index contributed by atoms with van der Waals surface area (Å²) in [5.41, 5.74) is -0.134. The van der Waals surface area contributed by atoms with Crippen molar-refractivity contribution >= 4 is 23.9 Å². The van der Waals surface area contributed by atoms with Gasteiger partial charge >= 0.3 is 23.9 Å². The first-order valence-corrected chi connectivity index (χ1v) is 8.28. The van der Waals surface area contributed by atoms with E-state index in [2.05, 4.69) is 14.6 Å². The van der Waals surface area contributed by atoms with Crippen LogP contribution in [0.4, 0.5) is 0 Å². The molecule has 0 amide bonds. The van der Waals surface area contributed by atoms with Crippen LogP contribution in [0.5, 0.6) is 0 Å². The van der Waals surface area contributed by atoms with Gasteiger partial charge in [0, 0.05) is 5.56 Å². The lowest BCUT2D eigenvalue weighted by molar-refractivity contribution is -0.350. The summed E-state index contributed by atoms with van der Waals surface area (Å²) in [6, 6.07) is -1.07. The summed E-state index contributed by atoms with van der Waals surface area (Å²) in [7, 11) is 4.52. The molecule has 2 fully saturated rings. The Morgan fingerprint density at radius 2 is 1.48 bits per heavy atom. The van der Waals surface area contributed by atoms with Crippen LogP contribution in [0.3, 0.4) is 0 Å². The molecule has 0 radical (unpaired) electrons. The van der Waals surface area contributed by atoms with E-state index >= 15 is 0 Å². The van der Waals surface area contributed by atoms with Crippen LogP contribution in [0, 0.1) is 5.92 Å². The SMILES string of the molecule is COC(=O)c1nocc1[C@H]1[C@@H]2[C@H](C(=O)OC)[C@@H](C(=O)OC)ON2O[C@H]1C(=O)OC. The number of hydroxylamine groups is 2. The highest BCUT2D eigenvalue weighted by molar-refractivity contribution is 5.90. The predicted octanol–water partition coefficient (Wildman–Crippen LogP) is -1.02. The molecule has 5 atom stereocenters. The Morgan fingerprint density at radius 1 is 0.897 bits per heavy atom. The standard InChI is InChI=1S/C16H18N2O11/c1-23-13(19)8-10-7(6-5-27-17-9(6)14(20)24-2)11(15(21)25-3)28-18(10)29-12(8)16(22)26-4/h5,7-8,10-12H,1-4H3/t7-,8-,10+,11+,12-/m0/s1. The van der Waals surface area contributed by atoms with E-state index in [4.69, 9.17) is 23.7 Å². The number of aromatic nitrogens is 1. The first-order valence-electron chi connectivity index (χ1n) is 8.28. The van der Waals surface area contributed by atoms with Crippen molar-refractivity contribution in [1.82, 2.24) is 10.4 Å². The van der Waals surface area contributed by atoms with E-state index in [0.29, 0.717) is 0 Å². The molecule has 29 heavy (non-hydrogen) atoms. The van der Waals surface area contributed by atoms with Crippen molar-refractivity contribution in [3.05, 3.63) is 17.5 Å². The molecule has 0 saturated carbocycles. The van der Waals surface area contributed by atoms with E-state index in [1.165, 1.54) is 0 Å². The second-order valence-electron chi connectivity index (χ2n) is 6.06. The van der Waals surface area contributed by atoms with Crippen molar-refractivity contribution < 1.29 is 52.3 Å². The van der Waals surface area contributed by atoms with Crippen LogP contribution in [0.15, 0.2) is 10.8 Å². The van der Waals surface area contributed by atoms with E-state index in [1.54, 1.807) is 0 Å². The second-order valence-corrected chi connectivity index (χ2v) is 6.06. The molecule has 1 aromatic rings. The smallest absolute Gasteiger partial charge is 0.360 e. The van der Waals surface area contributed by atoms with Crippen LogP contribution in [-0.4, -0.2) is 80.9 Å². The zero-order chi connectivity index (χ0) is 21.3. The average Bonchev–Trinajstić information content (AvgIpc) is 3.44. The third-order valence-electron chi connectivity index (χ3n) is 4.74. The van der Waals surface area contributed by atoms with Gasteiger partial charge in [-0.15, -0.1) is 0 Å². The zero-order valence-electron chi connectivity index (χ0n) is 15.8. The normalized spacial score (nSPS) is 28.5. The minimum Gasteiger partial charge on any atom is -0.469 e. The number of fused-ring (bicyclic) bond motifs is 1. The predicted molar refractivity (Wildman–Crippen MR) is 85.5 cm³/mol. The van der Waals surface area contributed by atoms with Gasteiger partial charge in [0.15, 0.2) is 17.9 Å². The van der Waals surface area contributed by atoms with Crippen molar-refractivity contribution in [2.24, 2.45) is 5.92 Å². The highest BCUT2D eigenvalue weighted by Crippen LogP contribution is 2.47. The monoisotopic (exact) mass is 414 g/mol. The zero-order valence-corrected chi connectivity index (χ0v) is 15.8. The lowest BCUT2D eigenvalue weighted by atomic mass is 9.79. The van der Waals surface area contributed by atoms with Gasteiger partial charge in [0.2, 0.25) is 0 Å². The Balaban J connectivity index is 2.10. The molecular formula is C16H18N2O11. The second kappa shape index (κ2) is 8.14. The van der Waals surface area contributed by atoms with Crippen LogP contribution in [0.25, 0.3) is 0 Å². The van der Waals surface area contributed by atoms with Crippen molar-refractivity contribution in [2.75, 3.05) is 28.4 Å². The molecule has 0 aliphatic carbocycles.